The van der Waals surface area contributed by atoms with E-state index in [1.807, 2.05) is 6.92 Å². The van der Waals surface area contributed by atoms with E-state index in [1.54, 1.807) is 7.11 Å². The number of nitrogens with zero attached hydrogens (tertiary/aromatic N) is 2. The molecule has 0 bridgehead atoms. The summed E-state index contributed by atoms with van der Waals surface area (Å²) in [5.41, 5.74) is -0.147. The third kappa shape index (κ3) is 4.27. The van der Waals surface area contributed by atoms with E-state index in [0.29, 0.717) is 12.1 Å². The Balaban J connectivity index is 2.82. The molecule has 8 heteroatoms. The molecule has 8 nitrogen and oxygen atoms in total. The van der Waals surface area contributed by atoms with Gasteiger partial charge in [0.05, 0.1) is 22.0 Å². The summed E-state index contributed by atoms with van der Waals surface area (Å²) in [6.45, 7) is 2.64. The molecule has 104 valence electrons. The van der Waals surface area contributed by atoms with Crippen molar-refractivity contribution in [2.75, 3.05) is 13.7 Å². The Morgan fingerprint density at radius 3 is 2.53 bits per heavy atom. The van der Waals surface area contributed by atoms with E-state index in [1.165, 1.54) is 12.1 Å². The second-order valence-corrected chi connectivity index (χ2v) is 4.00. The fourth-order valence-electron chi connectivity index (χ4n) is 1.48. The van der Waals surface area contributed by atoms with Crippen LogP contribution in [0.3, 0.4) is 0 Å². The Hall–Kier alpha value is -2.06. The molecular weight excluding hydrogens is 254 g/mol. The minimum absolute atomic E-state index is 0.0166. The lowest BCUT2D eigenvalue weighted by Gasteiger charge is -2.10. The maximum absolute atomic E-state index is 10.9. The molecule has 0 aliphatic heterocycles. The van der Waals surface area contributed by atoms with Crippen LogP contribution in [0, 0.1) is 20.2 Å². The van der Waals surface area contributed by atoms with Crippen molar-refractivity contribution in [3.05, 3.63) is 44.0 Å². The number of rotatable bonds is 7. The molecule has 19 heavy (non-hydrogen) atoms. The average molecular weight is 269 g/mol. The molecule has 1 unspecified atom stereocenters. The lowest BCUT2D eigenvalue weighted by molar-refractivity contribution is -0.394. The lowest BCUT2D eigenvalue weighted by Crippen LogP contribution is -2.25. The van der Waals surface area contributed by atoms with Gasteiger partial charge < -0.3 is 10.1 Å². The van der Waals surface area contributed by atoms with Crippen LogP contribution in [0.1, 0.15) is 12.5 Å². The molecule has 0 saturated carbocycles. The van der Waals surface area contributed by atoms with E-state index in [0.717, 1.165) is 6.07 Å². The first-order chi connectivity index (χ1) is 8.95. The van der Waals surface area contributed by atoms with Crippen LogP contribution in [0.4, 0.5) is 11.4 Å². The molecule has 1 atom stereocenters. The van der Waals surface area contributed by atoms with Gasteiger partial charge in [-0.15, -0.1) is 0 Å². The molecule has 0 fully saturated rings. The Labute approximate surface area is 109 Å². The van der Waals surface area contributed by atoms with E-state index in [9.17, 15) is 20.2 Å². The van der Waals surface area contributed by atoms with Gasteiger partial charge in [0.1, 0.15) is 0 Å². The molecule has 0 amide bonds. The number of nitrogens with one attached hydrogen (secondary N) is 1. The molecule has 0 aliphatic carbocycles. The van der Waals surface area contributed by atoms with Crippen molar-refractivity contribution in [1.82, 2.24) is 5.32 Å². The number of benzene rings is 1. The third-order valence-corrected chi connectivity index (χ3v) is 2.63. The van der Waals surface area contributed by atoms with Crippen molar-refractivity contribution in [1.29, 1.82) is 0 Å². The molecule has 0 aliphatic rings. The minimum atomic E-state index is -0.656. The summed E-state index contributed by atoms with van der Waals surface area (Å²) < 4.78 is 5.03. The number of nitro groups is 2. The van der Waals surface area contributed by atoms with Gasteiger partial charge in [0.2, 0.25) is 0 Å². The summed E-state index contributed by atoms with van der Waals surface area (Å²) in [4.78, 5) is 20.2. The molecule has 1 aromatic rings. The van der Waals surface area contributed by atoms with Crippen LogP contribution >= 0.6 is 0 Å². The topological polar surface area (TPSA) is 108 Å². The second-order valence-electron chi connectivity index (χ2n) is 4.00. The summed E-state index contributed by atoms with van der Waals surface area (Å²) in [7, 11) is 1.57. The van der Waals surface area contributed by atoms with Crippen molar-refractivity contribution in [2.24, 2.45) is 0 Å². The van der Waals surface area contributed by atoms with Crippen LogP contribution in [-0.2, 0) is 11.3 Å². The molecule has 1 N–H and O–H groups in total. The van der Waals surface area contributed by atoms with Crippen LogP contribution in [0.15, 0.2) is 18.2 Å². The highest BCUT2D eigenvalue weighted by Gasteiger charge is 2.18. The highest BCUT2D eigenvalue weighted by atomic mass is 16.6. The van der Waals surface area contributed by atoms with Crippen molar-refractivity contribution >= 4 is 11.4 Å². The molecule has 0 saturated heterocycles. The minimum Gasteiger partial charge on any atom is -0.380 e. The number of hydrogen-bond donors (Lipinski definition) is 1. The zero-order valence-electron chi connectivity index (χ0n) is 10.7. The van der Waals surface area contributed by atoms with Gasteiger partial charge in [0.15, 0.2) is 0 Å². The van der Waals surface area contributed by atoms with Gasteiger partial charge in [0.25, 0.3) is 11.4 Å². The highest BCUT2D eigenvalue weighted by molar-refractivity contribution is 5.49. The Morgan fingerprint density at radius 2 is 2.00 bits per heavy atom. The van der Waals surface area contributed by atoms with E-state index in [4.69, 9.17) is 4.74 Å². The van der Waals surface area contributed by atoms with Crippen LogP contribution in [0.25, 0.3) is 0 Å². The van der Waals surface area contributed by atoms with Crippen molar-refractivity contribution in [2.45, 2.75) is 19.6 Å². The summed E-state index contributed by atoms with van der Waals surface area (Å²) in [5, 5.41) is 24.5. The van der Waals surface area contributed by atoms with Crippen LogP contribution in [-0.4, -0.2) is 29.6 Å². The SMILES string of the molecule is COC(C)CNCc1ccc([N+](=O)[O-])cc1[N+](=O)[O-]. The van der Waals surface area contributed by atoms with E-state index >= 15 is 0 Å². The summed E-state index contributed by atoms with van der Waals surface area (Å²) in [6.07, 6.45) is -0.0166. The standard InChI is InChI=1S/C11H15N3O5/c1-8(19-2)6-12-7-9-3-4-10(13(15)16)5-11(9)14(17)18/h3-5,8,12H,6-7H2,1-2H3. The maximum Gasteiger partial charge on any atom is 0.280 e. The zero-order chi connectivity index (χ0) is 14.4. The summed E-state index contributed by atoms with van der Waals surface area (Å²) in [5.74, 6) is 0. The first kappa shape index (κ1) is 15.0. The monoisotopic (exact) mass is 269 g/mol. The fourth-order valence-corrected chi connectivity index (χ4v) is 1.48. The largest absolute Gasteiger partial charge is 0.380 e. The van der Waals surface area contributed by atoms with Gasteiger partial charge in [-0.2, -0.15) is 0 Å². The van der Waals surface area contributed by atoms with Crippen molar-refractivity contribution in [3.63, 3.8) is 0 Å². The predicted octanol–water partition coefficient (Wildman–Crippen LogP) is 1.63. The van der Waals surface area contributed by atoms with Crippen molar-refractivity contribution in [3.8, 4) is 0 Å². The molecule has 0 spiro atoms. The molecule has 0 radical (unpaired) electrons. The fraction of sp³-hybridized carbons (Fsp3) is 0.455. The van der Waals surface area contributed by atoms with Gasteiger partial charge in [0, 0.05) is 31.8 Å². The molecule has 1 rings (SSSR count). The average Bonchev–Trinajstić information content (AvgIpc) is 2.38. The first-order valence-corrected chi connectivity index (χ1v) is 5.61. The Bertz CT molecular complexity index is 477. The summed E-state index contributed by atoms with van der Waals surface area (Å²) in [6, 6.07) is 3.61. The van der Waals surface area contributed by atoms with E-state index in [-0.39, 0.29) is 24.0 Å². The van der Waals surface area contributed by atoms with Gasteiger partial charge in [-0.1, -0.05) is 0 Å². The quantitative estimate of drug-likeness (QED) is 0.595. The number of non-ortho nitro benzene ring substituents is 1. The highest BCUT2D eigenvalue weighted by Crippen LogP contribution is 2.24. The van der Waals surface area contributed by atoms with Crippen molar-refractivity contribution < 1.29 is 14.6 Å². The first-order valence-electron chi connectivity index (χ1n) is 5.61. The Morgan fingerprint density at radius 1 is 1.32 bits per heavy atom. The van der Waals surface area contributed by atoms with E-state index < -0.39 is 9.85 Å². The number of nitro benzene ring substituents is 2. The zero-order valence-corrected chi connectivity index (χ0v) is 10.7. The van der Waals surface area contributed by atoms with Crippen LogP contribution < -0.4 is 5.32 Å². The number of hydrogen-bond acceptors (Lipinski definition) is 6. The van der Waals surface area contributed by atoms with Gasteiger partial charge >= 0.3 is 0 Å². The second kappa shape index (κ2) is 6.76. The molecular formula is C11H15N3O5. The summed E-state index contributed by atoms with van der Waals surface area (Å²) >= 11 is 0. The normalized spacial score (nSPS) is 12.1. The number of methoxy groups -OCH3 is 1. The lowest BCUT2D eigenvalue weighted by atomic mass is 10.1. The smallest absolute Gasteiger partial charge is 0.280 e. The molecule has 1 aromatic carbocycles. The van der Waals surface area contributed by atoms with Crippen LogP contribution in [0.5, 0.6) is 0 Å². The van der Waals surface area contributed by atoms with E-state index in [2.05, 4.69) is 5.32 Å². The molecule has 0 aromatic heterocycles. The van der Waals surface area contributed by atoms with Gasteiger partial charge in [-0.25, -0.2) is 0 Å². The predicted molar refractivity (Wildman–Crippen MR) is 67.9 cm³/mol. The van der Waals surface area contributed by atoms with Crippen LogP contribution in [0.2, 0.25) is 0 Å². The molecule has 0 heterocycles. The Kier molecular flexibility index (Phi) is 5.34. The van der Waals surface area contributed by atoms with Gasteiger partial charge in [-0.05, 0) is 13.0 Å². The number of ether oxygens (including phenoxy) is 1. The van der Waals surface area contributed by atoms with Gasteiger partial charge in [-0.3, -0.25) is 20.2 Å². The third-order valence-electron chi connectivity index (χ3n) is 2.63. The maximum atomic E-state index is 10.9.